The van der Waals surface area contributed by atoms with Gasteiger partial charge < -0.3 is 10.2 Å². The predicted octanol–water partition coefficient (Wildman–Crippen LogP) is 2.48. The van der Waals surface area contributed by atoms with Gasteiger partial charge in [0.15, 0.2) is 0 Å². The van der Waals surface area contributed by atoms with Crippen LogP contribution in [0.5, 0.6) is 0 Å². The van der Waals surface area contributed by atoms with Gasteiger partial charge in [0.05, 0.1) is 5.60 Å². The van der Waals surface area contributed by atoms with E-state index in [9.17, 15) is 5.11 Å². The van der Waals surface area contributed by atoms with Crippen molar-refractivity contribution in [1.82, 2.24) is 0 Å². The molecule has 0 aliphatic heterocycles. The summed E-state index contributed by atoms with van der Waals surface area (Å²) in [7, 11) is 0. The van der Waals surface area contributed by atoms with Crippen molar-refractivity contribution in [3.05, 3.63) is 0 Å². The minimum absolute atomic E-state index is 0.297. The molecule has 0 saturated carbocycles. The molecule has 0 unspecified atom stereocenters. The Morgan fingerprint density at radius 1 is 0.923 bits per heavy atom. The number of hydrogen-bond acceptors (Lipinski definition) is 2. The Labute approximate surface area is 82.0 Å². The van der Waals surface area contributed by atoms with E-state index in [0.717, 1.165) is 44.9 Å². The fraction of sp³-hybridized carbons (Fsp3) is 1.00. The molecule has 0 aromatic heterocycles. The molecule has 0 radical (unpaired) electrons. The molecular formula is C11H24O2. The Bertz CT molecular complexity index is 109. The lowest BCUT2D eigenvalue weighted by atomic mass is 9.91. The number of aliphatic hydroxyl groups is 2. The molecule has 0 aliphatic carbocycles. The Morgan fingerprint density at radius 3 is 1.92 bits per heavy atom. The highest BCUT2D eigenvalue weighted by molar-refractivity contribution is 4.74. The van der Waals surface area contributed by atoms with Crippen LogP contribution in [0.4, 0.5) is 0 Å². The molecule has 0 rings (SSSR count). The van der Waals surface area contributed by atoms with Gasteiger partial charge in [-0.25, -0.2) is 0 Å². The normalized spacial score (nSPS) is 12.0. The molecule has 0 aromatic rings. The van der Waals surface area contributed by atoms with Crippen LogP contribution in [0, 0.1) is 0 Å². The summed E-state index contributed by atoms with van der Waals surface area (Å²) in [5.74, 6) is 0. The van der Waals surface area contributed by atoms with Gasteiger partial charge in [0.2, 0.25) is 0 Å². The van der Waals surface area contributed by atoms with Crippen LogP contribution < -0.4 is 0 Å². The summed E-state index contributed by atoms with van der Waals surface area (Å²) in [4.78, 5) is 0. The SMILES string of the molecule is CCC(O)(CC)CCCCCCO. The Kier molecular flexibility index (Phi) is 7.29. The van der Waals surface area contributed by atoms with E-state index in [0.29, 0.717) is 6.61 Å². The summed E-state index contributed by atoms with van der Waals surface area (Å²) in [6.45, 7) is 4.38. The van der Waals surface area contributed by atoms with Crippen molar-refractivity contribution in [1.29, 1.82) is 0 Å². The summed E-state index contributed by atoms with van der Waals surface area (Å²) < 4.78 is 0. The van der Waals surface area contributed by atoms with Crippen molar-refractivity contribution in [2.45, 2.75) is 64.4 Å². The average molecular weight is 188 g/mol. The molecule has 0 bridgehead atoms. The van der Waals surface area contributed by atoms with Crippen LogP contribution in [0.1, 0.15) is 58.8 Å². The molecule has 0 saturated heterocycles. The number of aliphatic hydroxyl groups excluding tert-OH is 1. The first kappa shape index (κ1) is 12.9. The molecule has 0 aliphatic rings. The second kappa shape index (κ2) is 7.34. The van der Waals surface area contributed by atoms with E-state index in [1.165, 1.54) is 0 Å². The van der Waals surface area contributed by atoms with Gasteiger partial charge in [-0.15, -0.1) is 0 Å². The third-order valence-electron chi connectivity index (χ3n) is 2.87. The van der Waals surface area contributed by atoms with Crippen LogP contribution in [0.3, 0.4) is 0 Å². The van der Waals surface area contributed by atoms with E-state index in [4.69, 9.17) is 5.11 Å². The lowest BCUT2D eigenvalue weighted by molar-refractivity contribution is 0.0211. The van der Waals surface area contributed by atoms with Gasteiger partial charge >= 0.3 is 0 Å². The highest BCUT2D eigenvalue weighted by Crippen LogP contribution is 2.22. The molecule has 0 heterocycles. The lowest BCUT2D eigenvalue weighted by Gasteiger charge is -2.24. The van der Waals surface area contributed by atoms with Gasteiger partial charge in [0.25, 0.3) is 0 Å². The first-order valence-corrected chi connectivity index (χ1v) is 5.51. The molecule has 2 N–H and O–H groups in total. The smallest absolute Gasteiger partial charge is 0.0642 e. The van der Waals surface area contributed by atoms with Crippen molar-refractivity contribution in [3.63, 3.8) is 0 Å². The molecule has 0 fully saturated rings. The first-order chi connectivity index (χ1) is 6.18. The zero-order valence-corrected chi connectivity index (χ0v) is 9.05. The number of unbranched alkanes of at least 4 members (excludes halogenated alkanes) is 3. The molecule has 13 heavy (non-hydrogen) atoms. The second-order valence-corrected chi connectivity index (χ2v) is 3.82. The van der Waals surface area contributed by atoms with E-state index in [-0.39, 0.29) is 0 Å². The molecule has 2 nitrogen and oxygen atoms in total. The van der Waals surface area contributed by atoms with Crippen molar-refractivity contribution >= 4 is 0 Å². The van der Waals surface area contributed by atoms with Crippen molar-refractivity contribution < 1.29 is 10.2 Å². The standard InChI is InChI=1S/C11H24O2/c1-3-11(13,4-2)9-7-5-6-8-10-12/h12-13H,3-10H2,1-2H3. The van der Waals surface area contributed by atoms with Gasteiger partial charge in [-0.1, -0.05) is 33.1 Å². The van der Waals surface area contributed by atoms with Gasteiger partial charge in [-0.05, 0) is 25.7 Å². The van der Waals surface area contributed by atoms with Gasteiger partial charge in [0.1, 0.15) is 0 Å². The minimum Gasteiger partial charge on any atom is -0.396 e. The zero-order chi connectivity index (χ0) is 10.2. The highest BCUT2D eigenvalue weighted by atomic mass is 16.3. The Hall–Kier alpha value is -0.0800. The summed E-state index contributed by atoms with van der Waals surface area (Å²) in [5.41, 5.74) is -0.431. The number of hydrogen-bond donors (Lipinski definition) is 2. The molecule has 2 heteroatoms. The maximum atomic E-state index is 9.94. The molecule has 0 amide bonds. The van der Waals surface area contributed by atoms with Crippen LogP contribution in [0.2, 0.25) is 0 Å². The maximum absolute atomic E-state index is 9.94. The fourth-order valence-corrected chi connectivity index (χ4v) is 1.52. The van der Waals surface area contributed by atoms with Crippen LogP contribution in [0.25, 0.3) is 0 Å². The van der Waals surface area contributed by atoms with Crippen molar-refractivity contribution in [2.75, 3.05) is 6.61 Å². The lowest BCUT2D eigenvalue weighted by Crippen LogP contribution is -2.26. The van der Waals surface area contributed by atoms with Crippen molar-refractivity contribution in [2.24, 2.45) is 0 Å². The van der Waals surface area contributed by atoms with E-state index < -0.39 is 5.60 Å². The van der Waals surface area contributed by atoms with Crippen LogP contribution >= 0.6 is 0 Å². The van der Waals surface area contributed by atoms with Crippen LogP contribution in [-0.2, 0) is 0 Å². The third kappa shape index (κ3) is 6.05. The van der Waals surface area contributed by atoms with E-state index >= 15 is 0 Å². The third-order valence-corrected chi connectivity index (χ3v) is 2.87. The molecular weight excluding hydrogens is 164 g/mol. The first-order valence-electron chi connectivity index (χ1n) is 5.51. The van der Waals surface area contributed by atoms with E-state index in [1.807, 2.05) is 13.8 Å². The largest absolute Gasteiger partial charge is 0.396 e. The van der Waals surface area contributed by atoms with E-state index in [2.05, 4.69) is 0 Å². The monoisotopic (exact) mass is 188 g/mol. The van der Waals surface area contributed by atoms with Crippen LogP contribution in [-0.4, -0.2) is 22.4 Å². The summed E-state index contributed by atoms with van der Waals surface area (Å²) >= 11 is 0. The number of rotatable bonds is 8. The Morgan fingerprint density at radius 2 is 1.46 bits per heavy atom. The molecule has 0 aromatic carbocycles. The quantitative estimate of drug-likeness (QED) is 0.574. The molecule has 80 valence electrons. The maximum Gasteiger partial charge on any atom is 0.0642 e. The fourth-order valence-electron chi connectivity index (χ4n) is 1.52. The topological polar surface area (TPSA) is 40.5 Å². The van der Waals surface area contributed by atoms with E-state index in [1.54, 1.807) is 0 Å². The molecule has 0 atom stereocenters. The average Bonchev–Trinajstić information content (AvgIpc) is 2.17. The highest BCUT2D eigenvalue weighted by Gasteiger charge is 2.20. The second-order valence-electron chi connectivity index (χ2n) is 3.82. The predicted molar refractivity (Wildman–Crippen MR) is 55.7 cm³/mol. The summed E-state index contributed by atoms with van der Waals surface area (Å²) in [6.07, 6.45) is 6.80. The zero-order valence-electron chi connectivity index (χ0n) is 9.05. The van der Waals surface area contributed by atoms with Gasteiger partial charge in [-0.2, -0.15) is 0 Å². The minimum atomic E-state index is -0.431. The molecule has 0 spiro atoms. The Balaban J connectivity index is 3.39. The van der Waals surface area contributed by atoms with Gasteiger partial charge in [-0.3, -0.25) is 0 Å². The summed E-state index contributed by atoms with van der Waals surface area (Å²) in [6, 6.07) is 0. The summed E-state index contributed by atoms with van der Waals surface area (Å²) in [5, 5.41) is 18.5. The van der Waals surface area contributed by atoms with Gasteiger partial charge in [0, 0.05) is 6.61 Å². The van der Waals surface area contributed by atoms with Crippen molar-refractivity contribution in [3.8, 4) is 0 Å². The van der Waals surface area contributed by atoms with Crippen LogP contribution in [0.15, 0.2) is 0 Å².